The largest absolute Gasteiger partial charge is 0.325 e. The van der Waals surface area contributed by atoms with Crippen molar-refractivity contribution in [2.45, 2.75) is 17.7 Å². The number of carbonyl (C=O) groups excluding carboxylic acids is 1. The van der Waals surface area contributed by atoms with Gasteiger partial charge in [-0.05, 0) is 42.4 Å². The summed E-state index contributed by atoms with van der Waals surface area (Å²) in [5.41, 5.74) is 2.23. The van der Waals surface area contributed by atoms with E-state index in [0.29, 0.717) is 0 Å². The fourth-order valence-electron chi connectivity index (χ4n) is 1.64. The third kappa shape index (κ3) is 2.69. The number of thioether (sulfide) groups is 1. The van der Waals surface area contributed by atoms with Gasteiger partial charge in [0.15, 0.2) is 0 Å². The molecule has 0 spiro atoms. The maximum absolute atomic E-state index is 11.2. The number of rotatable bonds is 2. The maximum atomic E-state index is 11.2. The van der Waals surface area contributed by atoms with Crippen molar-refractivity contribution in [3.63, 3.8) is 0 Å². The zero-order chi connectivity index (χ0) is 10.7. The van der Waals surface area contributed by atoms with Gasteiger partial charge in [-0.3, -0.25) is 4.79 Å². The Morgan fingerprint density at radius 1 is 1.53 bits per heavy atom. The first-order valence-electron chi connectivity index (χ1n) is 4.96. The fraction of sp³-hybridized carbons (Fsp3) is 0.364. The summed E-state index contributed by atoms with van der Waals surface area (Å²) in [6, 6.07) is 6.12. The van der Waals surface area contributed by atoms with E-state index in [1.54, 1.807) is 0 Å². The van der Waals surface area contributed by atoms with E-state index in [1.165, 1.54) is 22.6 Å². The van der Waals surface area contributed by atoms with Crippen molar-refractivity contribution in [3.8, 4) is 0 Å². The summed E-state index contributed by atoms with van der Waals surface area (Å²) in [6.45, 7) is 0. The molecule has 1 aromatic rings. The highest BCUT2D eigenvalue weighted by molar-refractivity contribution is 7.99. The second-order valence-corrected chi connectivity index (χ2v) is 4.93. The predicted molar refractivity (Wildman–Crippen MR) is 68.0 cm³/mol. The number of fused-ring (bicyclic) bond motifs is 1. The zero-order valence-electron chi connectivity index (χ0n) is 8.32. The highest BCUT2D eigenvalue weighted by Gasteiger charge is 2.10. The molecule has 1 aliphatic rings. The van der Waals surface area contributed by atoms with Gasteiger partial charge in [-0.15, -0.1) is 11.8 Å². The average molecular weight is 239 g/mol. The molecule has 0 unspecified atom stereocenters. The molecular formula is C11H13NOS2. The van der Waals surface area contributed by atoms with Crippen LogP contribution in [0.3, 0.4) is 0 Å². The Labute approximate surface area is 99.2 Å². The Morgan fingerprint density at radius 2 is 2.40 bits per heavy atom. The lowest BCUT2D eigenvalue weighted by Gasteiger charge is -2.16. The van der Waals surface area contributed by atoms with Gasteiger partial charge in [0, 0.05) is 10.6 Å². The van der Waals surface area contributed by atoms with Crippen molar-refractivity contribution in [2.24, 2.45) is 0 Å². The molecule has 1 amide bonds. The summed E-state index contributed by atoms with van der Waals surface area (Å²) in [7, 11) is 0. The topological polar surface area (TPSA) is 29.1 Å². The molecule has 80 valence electrons. The van der Waals surface area contributed by atoms with E-state index in [4.69, 9.17) is 0 Å². The van der Waals surface area contributed by atoms with Crippen molar-refractivity contribution >= 4 is 36.0 Å². The zero-order valence-corrected chi connectivity index (χ0v) is 10.0. The Morgan fingerprint density at radius 3 is 3.20 bits per heavy atom. The highest BCUT2D eigenvalue weighted by atomic mass is 32.2. The van der Waals surface area contributed by atoms with Gasteiger partial charge < -0.3 is 5.32 Å². The monoisotopic (exact) mass is 239 g/mol. The number of thiol groups is 1. The lowest BCUT2D eigenvalue weighted by atomic mass is 10.1. The number of anilines is 1. The number of nitrogens with one attached hydrogen (secondary N) is 1. The predicted octanol–water partition coefficient (Wildman–Crippen LogP) is 2.59. The van der Waals surface area contributed by atoms with Crippen LogP contribution in [0.1, 0.15) is 12.0 Å². The first kappa shape index (κ1) is 10.9. The van der Waals surface area contributed by atoms with Crippen LogP contribution in [0, 0.1) is 0 Å². The SMILES string of the molecule is O=C(CS)Nc1ccc2c(c1)CCCS2. The first-order valence-corrected chi connectivity index (χ1v) is 6.58. The summed E-state index contributed by atoms with van der Waals surface area (Å²) < 4.78 is 0. The molecule has 0 saturated heterocycles. The number of carbonyl (C=O) groups is 1. The molecule has 0 bridgehead atoms. The van der Waals surface area contributed by atoms with E-state index in [9.17, 15) is 4.79 Å². The van der Waals surface area contributed by atoms with Crippen LogP contribution in [0.15, 0.2) is 23.1 Å². The maximum Gasteiger partial charge on any atom is 0.234 e. The minimum absolute atomic E-state index is 0.0539. The van der Waals surface area contributed by atoms with Crippen molar-refractivity contribution in [1.82, 2.24) is 0 Å². The minimum Gasteiger partial charge on any atom is -0.325 e. The smallest absolute Gasteiger partial charge is 0.234 e. The van der Waals surface area contributed by atoms with Gasteiger partial charge in [0.1, 0.15) is 0 Å². The number of aryl methyl sites for hydroxylation is 1. The average Bonchev–Trinajstić information content (AvgIpc) is 2.29. The normalized spacial score (nSPS) is 14.5. The molecule has 0 atom stereocenters. The standard InChI is InChI=1S/C11H13NOS2/c13-11(7-14)12-9-3-4-10-8(6-9)2-1-5-15-10/h3-4,6,14H,1-2,5,7H2,(H,12,13). The summed E-state index contributed by atoms with van der Waals surface area (Å²) in [5, 5.41) is 2.82. The van der Waals surface area contributed by atoms with Gasteiger partial charge >= 0.3 is 0 Å². The third-order valence-corrected chi connectivity index (χ3v) is 3.83. The van der Waals surface area contributed by atoms with Gasteiger partial charge in [-0.2, -0.15) is 12.6 Å². The van der Waals surface area contributed by atoms with E-state index in [1.807, 2.05) is 17.8 Å². The molecule has 1 N–H and O–H groups in total. The van der Waals surface area contributed by atoms with E-state index in [-0.39, 0.29) is 11.7 Å². The molecule has 1 aliphatic heterocycles. The lowest BCUT2D eigenvalue weighted by molar-refractivity contribution is -0.113. The Kier molecular flexibility index (Phi) is 3.59. The molecule has 15 heavy (non-hydrogen) atoms. The van der Waals surface area contributed by atoms with E-state index in [0.717, 1.165) is 12.1 Å². The van der Waals surface area contributed by atoms with E-state index in [2.05, 4.69) is 30.1 Å². The second-order valence-electron chi connectivity index (χ2n) is 3.48. The van der Waals surface area contributed by atoms with Crippen LogP contribution in [0.25, 0.3) is 0 Å². The summed E-state index contributed by atoms with van der Waals surface area (Å²) >= 11 is 5.82. The van der Waals surface area contributed by atoms with E-state index < -0.39 is 0 Å². The molecule has 4 heteroatoms. The second kappa shape index (κ2) is 4.94. The number of benzene rings is 1. The van der Waals surface area contributed by atoms with Crippen LogP contribution in [0.4, 0.5) is 5.69 Å². The number of hydrogen-bond donors (Lipinski definition) is 2. The first-order chi connectivity index (χ1) is 7.29. The van der Waals surface area contributed by atoms with Gasteiger partial charge in [-0.1, -0.05) is 0 Å². The molecule has 2 nitrogen and oxygen atoms in total. The van der Waals surface area contributed by atoms with Crippen molar-refractivity contribution < 1.29 is 4.79 Å². The molecule has 0 radical (unpaired) electrons. The van der Waals surface area contributed by atoms with E-state index >= 15 is 0 Å². The third-order valence-electron chi connectivity index (χ3n) is 2.34. The number of amides is 1. The van der Waals surface area contributed by atoms with Crippen LogP contribution in [-0.4, -0.2) is 17.4 Å². The van der Waals surface area contributed by atoms with Crippen LogP contribution in [0.2, 0.25) is 0 Å². The summed E-state index contributed by atoms with van der Waals surface area (Å²) in [6.07, 6.45) is 2.34. The molecule has 1 heterocycles. The molecule has 0 saturated carbocycles. The van der Waals surface area contributed by atoms with Gasteiger partial charge in [0.2, 0.25) is 5.91 Å². The Balaban J connectivity index is 2.17. The molecule has 0 aliphatic carbocycles. The fourth-order valence-corrected chi connectivity index (χ4v) is 2.74. The summed E-state index contributed by atoms with van der Waals surface area (Å²) in [5.74, 6) is 1.38. The van der Waals surface area contributed by atoms with Gasteiger partial charge in [0.25, 0.3) is 0 Å². The quantitative estimate of drug-likeness (QED) is 0.777. The summed E-state index contributed by atoms with van der Waals surface area (Å²) in [4.78, 5) is 12.5. The molecule has 1 aromatic carbocycles. The van der Waals surface area contributed by atoms with Crippen LogP contribution >= 0.6 is 24.4 Å². The van der Waals surface area contributed by atoms with Crippen LogP contribution in [-0.2, 0) is 11.2 Å². The van der Waals surface area contributed by atoms with Gasteiger partial charge in [0.05, 0.1) is 5.75 Å². The van der Waals surface area contributed by atoms with Gasteiger partial charge in [-0.25, -0.2) is 0 Å². The van der Waals surface area contributed by atoms with Crippen molar-refractivity contribution in [2.75, 3.05) is 16.8 Å². The van der Waals surface area contributed by atoms with Crippen LogP contribution in [0.5, 0.6) is 0 Å². The number of hydrogen-bond acceptors (Lipinski definition) is 3. The molecule has 0 aromatic heterocycles. The van der Waals surface area contributed by atoms with Crippen molar-refractivity contribution in [1.29, 1.82) is 0 Å². The molecule has 2 rings (SSSR count). The van der Waals surface area contributed by atoms with Crippen molar-refractivity contribution in [3.05, 3.63) is 23.8 Å². The van der Waals surface area contributed by atoms with Crippen LogP contribution < -0.4 is 5.32 Å². The minimum atomic E-state index is -0.0539. The molecular weight excluding hydrogens is 226 g/mol. The lowest BCUT2D eigenvalue weighted by Crippen LogP contribution is -2.13. The molecule has 0 fully saturated rings. The Hall–Kier alpha value is -0.610. The highest BCUT2D eigenvalue weighted by Crippen LogP contribution is 2.31. The Bertz CT molecular complexity index is 379.